The quantitative estimate of drug-likeness (QED) is 0.317. The van der Waals surface area contributed by atoms with Crippen molar-refractivity contribution < 1.29 is 14.6 Å². The number of piperazine rings is 1. The molecule has 4 aromatic rings. The number of nitrogens with two attached hydrogens (primary N) is 1. The van der Waals surface area contributed by atoms with E-state index in [1.807, 2.05) is 30.3 Å². The maximum absolute atomic E-state index is 9.56. The minimum atomic E-state index is -0.494. The summed E-state index contributed by atoms with van der Waals surface area (Å²) >= 11 is 0. The van der Waals surface area contributed by atoms with E-state index in [0.29, 0.717) is 6.54 Å². The highest BCUT2D eigenvalue weighted by atomic mass is 16.7. The second-order valence-electron chi connectivity index (χ2n) is 11.1. The van der Waals surface area contributed by atoms with Crippen LogP contribution in [0.5, 0.6) is 0 Å². The van der Waals surface area contributed by atoms with Gasteiger partial charge >= 0.3 is 0 Å². The van der Waals surface area contributed by atoms with Crippen LogP contribution in [0.1, 0.15) is 41.6 Å². The minimum absolute atomic E-state index is 0.0232. The normalized spacial score (nSPS) is 23.2. The molecule has 3 N–H and O–H groups in total. The molecule has 2 fully saturated rings. The SMILES string of the molecule is C[C@H]1[C@@H](CN2CCN(c3ncccn3)CC2)O[C@@H](c2ccc(-c3ccccc3CN)cc2)O[C@H]1c1ccc(CO)cc1. The van der Waals surface area contributed by atoms with Crippen molar-refractivity contribution in [3.8, 4) is 11.1 Å². The van der Waals surface area contributed by atoms with Crippen molar-refractivity contribution in [3.05, 3.63) is 114 Å². The lowest BCUT2D eigenvalue weighted by molar-refractivity contribution is -0.276. The summed E-state index contributed by atoms with van der Waals surface area (Å²) < 4.78 is 13.4. The average Bonchev–Trinajstić information content (AvgIpc) is 3.06. The van der Waals surface area contributed by atoms with Gasteiger partial charge < -0.3 is 25.2 Å². The van der Waals surface area contributed by atoms with Gasteiger partial charge in [0, 0.05) is 63.1 Å². The van der Waals surface area contributed by atoms with Crippen molar-refractivity contribution in [3.63, 3.8) is 0 Å². The Morgan fingerprint density at radius 2 is 1.52 bits per heavy atom. The maximum Gasteiger partial charge on any atom is 0.225 e. The zero-order chi connectivity index (χ0) is 28.9. The number of nitrogens with zero attached hydrogens (tertiary/aromatic N) is 4. The third-order valence-corrected chi connectivity index (χ3v) is 8.50. The van der Waals surface area contributed by atoms with E-state index < -0.39 is 6.29 Å². The molecule has 0 bridgehead atoms. The Morgan fingerprint density at radius 1 is 0.833 bits per heavy atom. The molecule has 0 unspecified atom stereocenters. The van der Waals surface area contributed by atoms with E-state index in [4.69, 9.17) is 15.2 Å². The lowest BCUT2D eigenvalue weighted by Crippen LogP contribution is -2.51. The number of aliphatic hydroxyl groups excluding tert-OH is 1. The summed E-state index contributed by atoms with van der Waals surface area (Å²) in [7, 11) is 0. The van der Waals surface area contributed by atoms with Crippen molar-refractivity contribution in [2.24, 2.45) is 11.7 Å². The number of ether oxygens (including phenoxy) is 2. The molecule has 0 aliphatic carbocycles. The molecule has 0 spiro atoms. The molecule has 1 aromatic heterocycles. The van der Waals surface area contributed by atoms with Crippen LogP contribution in [-0.4, -0.2) is 58.8 Å². The zero-order valence-corrected chi connectivity index (χ0v) is 24.0. The number of anilines is 1. The molecule has 42 heavy (non-hydrogen) atoms. The van der Waals surface area contributed by atoms with Crippen LogP contribution in [0, 0.1) is 5.92 Å². The summed E-state index contributed by atoms with van der Waals surface area (Å²) in [5.41, 5.74) is 12.4. The Hall–Kier alpha value is -3.66. The highest BCUT2D eigenvalue weighted by Crippen LogP contribution is 2.42. The number of benzene rings is 3. The first-order chi connectivity index (χ1) is 20.6. The second kappa shape index (κ2) is 13.1. The van der Waals surface area contributed by atoms with Crippen molar-refractivity contribution in [2.45, 2.75) is 38.6 Å². The summed E-state index contributed by atoms with van der Waals surface area (Å²) in [6.45, 7) is 7.14. The first kappa shape index (κ1) is 28.5. The second-order valence-corrected chi connectivity index (χ2v) is 11.1. The molecule has 2 aliphatic heterocycles. The van der Waals surface area contributed by atoms with Crippen molar-refractivity contribution in [1.29, 1.82) is 0 Å². The monoisotopic (exact) mass is 565 g/mol. The minimum Gasteiger partial charge on any atom is -0.392 e. The first-order valence-corrected chi connectivity index (χ1v) is 14.8. The molecular formula is C34H39N5O3. The lowest BCUT2D eigenvalue weighted by Gasteiger charge is -2.44. The topological polar surface area (TPSA) is 97.0 Å². The number of aromatic nitrogens is 2. The summed E-state index contributed by atoms with van der Waals surface area (Å²) in [6, 6.07) is 26.6. The van der Waals surface area contributed by atoms with E-state index in [0.717, 1.165) is 72.1 Å². The van der Waals surface area contributed by atoms with Gasteiger partial charge in [0.15, 0.2) is 6.29 Å². The highest BCUT2D eigenvalue weighted by molar-refractivity contribution is 5.67. The van der Waals surface area contributed by atoms with Crippen LogP contribution >= 0.6 is 0 Å². The number of hydrogen-bond acceptors (Lipinski definition) is 8. The highest BCUT2D eigenvalue weighted by Gasteiger charge is 2.39. The van der Waals surface area contributed by atoms with Crippen LogP contribution in [0.15, 0.2) is 91.3 Å². The first-order valence-electron chi connectivity index (χ1n) is 14.8. The summed E-state index contributed by atoms with van der Waals surface area (Å²) in [6.07, 6.45) is 2.93. The van der Waals surface area contributed by atoms with Crippen molar-refractivity contribution >= 4 is 5.95 Å². The van der Waals surface area contributed by atoms with E-state index in [2.05, 4.69) is 75.2 Å². The molecule has 2 saturated heterocycles. The molecule has 4 atom stereocenters. The van der Waals surface area contributed by atoms with Crippen LogP contribution in [-0.2, 0) is 22.6 Å². The molecule has 0 amide bonds. The van der Waals surface area contributed by atoms with Crippen LogP contribution in [0.2, 0.25) is 0 Å². The molecule has 3 heterocycles. The molecular weight excluding hydrogens is 526 g/mol. The predicted molar refractivity (Wildman–Crippen MR) is 163 cm³/mol. The Labute approximate surface area is 247 Å². The van der Waals surface area contributed by atoms with E-state index in [9.17, 15) is 5.11 Å². The zero-order valence-electron chi connectivity index (χ0n) is 24.0. The van der Waals surface area contributed by atoms with Crippen LogP contribution in [0.25, 0.3) is 11.1 Å². The van der Waals surface area contributed by atoms with Gasteiger partial charge in [-0.2, -0.15) is 0 Å². The number of aliphatic hydroxyl groups is 1. The number of rotatable bonds is 8. The average molecular weight is 566 g/mol. The van der Waals surface area contributed by atoms with Gasteiger partial charge in [-0.05, 0) is 33.9 Å². The molecule has 0 saturated carbocycles. The Balaban J connectivity index is 1.21. The van der Waals surface area contributed by atoms with Crippen molar-refractivity contribution in [1.82, 2.24) is 14.9 Å². The molecule has 3 aromatic carbocycles. The van der Waals surface area contributed by atoms with E-state index in [-0.39, 0.29) is 24.7 Å². The third kappa shape index (κ3) is 6.23. The van der Waals surface area contributed by atoms with Crippen LogP contribution in [0.3, 0.4) is 0 Å². The summed E-state index contributed by atoms with van der Waals surface area (Å²) in [5, 5.41) is 9.56. The van der Waals surface area contributed by atoms with Gasteiger partial charge in [0.1, 0.15) is 0 Å². The fraction of sp³-hybridized carbons (Fsp3) is 0.353. The van der Waals surface area contributed by atoms with Crippen molar-refractivity contribution in [2.75, 3.05) is 37.6 Å². The molecule has 6 rings (SSSR count). The Kier molecular flexibility index (Phi) is 8.88. The maximum atomic E-state index is 9.56. The largest absolute Gasteiger partial charge is 0.392 e. The third-order valence-electron chi connectivity index (χ3n) is 8.50. The standard InChI is InChI=1S/C34H39N5O3/c1-24-31(22-38-17-19-39(20-18-38)34-36-15-4-16-37-34)41-33(42-32(24)27-9-7-25(23-40)8-10-27)28-13-11-26(12-14-28)30-6-3-2-5-29(30)21-35/h2-16,24,31-33,40H,17-23,35H2,1H3/t24-,31+,32+,33+/m0/s1. The molecule has 8 heteroatoms. The van der Waals surface area contributed by atoms with Gasteiger partial charge in [-0.1, -0.05) is 79.7 Å². The van der Waals surface area contributed by atoms with Gasteiger partial charge in [0.25, 0.3) is 0 Å². The van der Waals surface area contributed by atoms with Gasteiger partial charge in [-0.15, -0.1) is 0 Å². The fourth-order valence-corrected chi connectivity index (χ4v) is 5.97. The van der Waals surface area contributed by atoms with E-state index in [1.165, 1.54) is 0 Å². The van der Waals surface area contributed by atoms with Gasteiger partial charge in [-0.25, -0.2) is 9.97 Å². The molecule has 8 nitrogen and oxygen atoms in total. The molecule has 2 aliphatic rings. The molecule has 0 radical (unpaired) electrons. The van der Waals surface area contributed by atoms with E-state index in [1.54, 1.807) is 12.4 Å². The predicted octanol–water partition coefficient (Wildman–Crippen LogP) is 4.71. The summed E-state index contributed by atoms with van der Waals surface area (Å²) in [4.78, 5) is 13.6. The molecule has 218 valence electrons. The Morgan fingerprint density at radius 3 is 2.21 bits per heavy atom. The van der Waals surface area contributed by atoms with E-state index >= 15 is 0 Å². The summed E-state index contributed by atoms with van der Waals surface area (Å²) in [5.74, 6) is 0.921. The van der Waals surface area contributed by atoms with Gasteiger partial charge in [0.05, 0.1) is 18.8 Å². The smallest absolute Gasteiger partial charge is 0.225 e. The lowest BCUT2D eigenvalue weighted by atomic mass is 9.89. The fourth-order valence-electron chi connectivity index (χ4n) is 5.97. The number of hydrogen-bond donors (Lipinski definition) is 2. The van der Waals surface area contributed by atoms with Crippen LogP contribution < -0.4 is 10.6 Å². The Bertz CT molecular complexity index is 1430. The van der Waals surface area contributed by atoms with Crippen LogP contribution in [0.4, 0.5) is 5.95 Å². The van der Waals surface area contributed by atoms with Gasteiger partial charge in [0.2, 0.25) is 5.95 Å². The van der Waals surface area contributed by atoms with Gasteiger partial charge in [-0.3, -0.25) is 4.90 Å².